The summed E-state index contributed by atoms with van der Waals surface area (Å²) in [4.78, 5) is 10.4. The lowest BCUT2D eigenvalue weighted by Gasteiger charge is -2.12. The third-order valence-electron chi connectivity index (χ3n) is 2.08. The number of phenolic OH excluding ortho intramolecular Hbond substituents is 1. The van der Waals surface area contributed by atoms with E-state index in [2.05, 4.69) is 4.74 Å². The Bertz CT molecular complexity index is 408. The Balaban J connectivity index is 3.05. The van der Waals surface area contributed by atoms with Crippen LogP contribution >= 0.6 is 0 Å². The Morgan fingerprint density at radius 2 is 2.25 bits per heavy atom. The van der Waals surface area contributed by atoms with Gasteiger partial charge in [0.2, 0.25) is 5.82 Å². The maximum Gasteiger partial charge on any atom is 0.305 e. The minimum atomic E-state index is -1.07. The van der Waals surface area contributed by atoms with Crippen molar-refractivity contribution in [2.24, 2.45) is 5.73 Å². The van der Waals surface area contributed by atoms with Crippen molar-refractivity contribution in [1.29, 1.82) is 0 Å². The number of aromatic hydroxyl groups is 1. The first-order valence-corrected chi connectivity index (χ1v) is 4.49. The molecule has 0 spiro atoms. The van der Waals surface area contributed by atoms with E-state index in [1.54, 1.807) is 0 Å². The van der Waals surface area contributed by atoms with Crippen molar-refractivity contribution < 1.29 is 24.1 Å². The number of ether oxygens (including phenoxy) is 1. The van der Waals surface area contributed by atoms with Crippen LogP contribution in [0, 0.1) is 5.82 Å². The highest BCUT2D eigenvalue weighted by atomic mass is 19.1. The van der Waals surface area contributed by atoms with Crippen LogP contribution in [0.2, 0.25) is 0 Å². The van der Waals surface area contributed by atoms with E-state index in [4.69, 9.17) is 10.8 Å². The number of rotatable bonds is 4. The van der Waals surface area contributed by atoms with Crippen molar-refractivity contribution in [3.05, 3.63) is 23.5 Å². The summed E-state index contributed by atoms with van der Waals surface area (Å²) in [6.07, 6.45) is -0.311. The monoisotopic (exact) mass is 229 g/mol. The summed E-state index contributed by atoms with van der Waals surface area (Å²) < 4.78 is 17.9. The number of carboxylic acids is 1. The smallest absolute Gasteiger partial charge is 0.305 e. The van der Waals surface area contributed by atoms with E-state index in [0.29, 0.717) is 5.56 Å². The van der Waals surface area contributed by atoms with E-state index >= 15 is 0 Å². The van der Waals surface area contributed by atoms with Gasteiger partial charge >= 0.3 is 5.97 Å². The van der Waals surface area contributed by atoms with Gasteiger partial charge in [0.15, 0.2) is 11.5 Å². The molecular formula is C10H12FNO4. The van der Waals surface area contributed by atoms with Crippen LogP contribution in [0.1, 0.15) is 18.0 Å². The van der Waals surface area contributed by atoms with Gasteiger partial charge in [-0.3, -0.25) is 4.79 Å². The number of carboxylic acid groups (broad SMARTS) is 1. The standard InChI is InChI=1S/C10H12FNO4/c1-16-8-3-5(2-7(13)10(8)11)6(12)4-9(14)15/h2-3,6,13H,4,12H2,1H3,(H,14,15). The summed E-state index contributed by atoms with van der Waals surface area (Å²) in [5.74, 6) is -2.75. The van der Waals surface area contributed by atoms with Gasteiger partial charge in [0.05, 0.1) is 13.5 Å². The molecule has 0 aliphatic carbocycles. The summed E-state index contributed by atoms with van der Waals surface area (Å²) >= 11 is 0. The molecule has 0 saturated carbocycles. The highest BCUT2D eigenvalue weighted by Crippen LogP contribution is 2.30. The Morgan fingerprint density at radius 3 is 2.75 bits per heavy atom. The van der Waals surface area contributed by atoms with Crippen LogP contribution in [0.25, 0.3) is 0 Å². The maximum absolute atomic E-state index is 13.2. The van der Waals surface area contributed by atoms with Gasteiger partial charge < -0.3 is 20.7 Å². The summed E-state index contributed by atoms with van der Waals surface area (Å²) in [6.45, 7) is 0. The second-order valence-corrected chi connectivity index (χ2v) is 3.26. The first-order chi connectivity index (χ1) is 7.45. The zero-order valence-corrected chi connectivity index (χ0v) is 8.61. The quantitative estimate of drug-likeness (QED) is 0.716. The SMILES string of the molecule is COc1cc(C(N)CC(=O)O)cc(O)c1F. The molecule has 1 atom stereocenters. The van der Waals surface area contributed by atoms with Crippen molar-refractivity contribution in [3.63, 3.8) is 0 Å². The minimum Gasteiger partial charge on any atom is -0.505 e. The molecule has 88 valence electrons. The van der Waals surface area contributed by atoms with Crippen LogP contribution in [0.5, 0.6) is 11.5 Å². The van der Waals surface area contributed by atoms with Crippen molar-refractivity contribution in [2.75, 3.05) is 7.11 Å². The fourth-order valence-electron chi connectivity index (χ4n) is 1.27. The minimum absolute atomic E-state index is 0.171. The Morgan fingerprint density at radius 1 is 1.62 bits per heavy atom. The van der Waals surface area contributed by atoms with Gasteiger partial charge in [0.1, 0.15) is 0 Å². The normalized spacial score (nSPS) is 12.2. The van der Waals surface area contributed by atoms with Gasteiger partial charge in [-0.2, -0.15) is 4.39 Å². The van der Waals surface area contributed by atoms with Crippen molar-refractivity contribution >= 4 is 5.97 Å². The Hall–Kier alpha value is -1.82. The van der Waals surface area contributed by atoms with Crippen LogP contribution in [0.4, 0.5) is 4.39 Å². The van der Waals surface area contributed by atoms with Gasteiger partial charge in [0.25, 0.3) is 0 Å². The molecule has 6 heteroatoms. The van der Waals surface area contributed by atoms with E-state index in [-0.39, 0.29) is 12.2 Å². The number of hydrogen-bond donors (Lipinski definition) is 3. The van der Waals surface area contributed by atoms with E-state index < -0.39 is 23.6 Å². The second kappa shape index (κ2) is 4.80. The molecule has 0 aliphatic rings. The number of aliphatic carboxylic acids is 1. The summed E-state index contributed by atoms with van der Waals surface area (Å²) in [5.41, 5.74) is 5.87. The zero-order valence-electron chi connectivity index (χ0n) is 8.61. The summed E-state index contributed by atoms with van der Waals surface area (Å²) in [5, 5.41) is 17.8. The molecule has 0 heterocycles. The molecular weight excluding hydrogens is 217 g/mol. The number of hydrogen-bond acceptors (Lipinski definition) is 4. The van der Waals surface area contributed by atoms with Crippen LogP contribution in [0.15, 0.2) is 12.1 Å². The fourth-order valence-corrected chi connectivity index (χ4v) is 1.27. The molecule has 1 rings (SSSR count). The van der Waals surface area contributed by atoms with Gasteiger partial charge in [0, 0.05) is 6.04 Å². The molecule has 1 aromatic rings. The van der Waals surface area contributed by atoms with E-state index in [9.17, 15) is 14.3 Å². The lowest BCUT2D eigenvalue weighted by Crippen LogP contribution is -2.15. The molecule has 0 radical (unpaired) electrons. The van der Waals surface area contributed by atoms with Crippen molar-refractivity contribution in [3.8, 4) is 11.5 Å². The first-order valence-electron chi connectivity index (χ1n) is 4.49. The molecule has 5 nitrogen and oxygen atoms in total. The molecule has 0 saturated heterocycles. The fraction of sp³-hybridized carbons (Fsp3) is 0.300. The van der Waals surface area contributed by atoms with Gasteiger partial charge in [-0.25, -0.2) is 0 Å². The Labute approximate surface area is 91.3 Å². The van der Waals surface area contributed by atoms with Crippen LogP contribution in [0.3, 0.4) is 0 Å². The first kappa shape index (κ1) is 12.3. The molecule has 1 unspecified atom stereocenters. The molecule has 0 amide bonds. The molecule has 0 aliphatic heterocycles. The summed E-state index contributed by atoms with van der Waals surface area (Å²) in [7, 11) is 1.24. The van der Waals surface area contributed by atoms with Crippen molar-refractivity contribution in [2.45, 2.75) is 12.5 Å². The van der Waals surface area contributed by atoms with Crippen LogP contribution < -0.4 is 10.5 Å². The van der Waals surface area contributed by atoms with Crippen LogP contribution in [-0.4, -0.2) is 23.3 Å². The highest BCUT2D eigenvalue weighted by Gasteiger charge is 2.16. The second-order valence-electron chi connectivity index (χ2n) is 3.26. The average Bonchev–Trinajstić information content (AvgIpc) is 2.20. The maximum atomic E-state index is 13.2. The topological polar surface area (TPSA) is 92.8 Å². The van der Waals surface area contributed by atoms with Crippen LogP contribution in [-0.2, 0) is 4.79 Å². The predicted octanol–water partition coefficient (Wildman–Crippen LogP) is 1.01. The third-order valence-corrected chi connectivity index (χ3v) is 2.08. The molecule has 0 fully saturated rings. The van der Waals surface area contributed by atoms with Gasteiger partial charge in [-0.1, -0.05) is 0 Å². The zero-order chi connectivity index (χ0) is 12.3. The van der Waals surface area contributed by atoms with E-state index in [0.717, 1.165) is 6.07 Å². The average molecular weight is 229 g/mol. The lowest BCUT2D eigenvalue weighted by molar-refractivity contribution is -0.137. The molecule has 4 N–H and O–H groups in total. The van der Waals surface area contributed by atoms with Crippen molar-refractivity contribution in [1.82, 2.24) is 0 Å². The lowest BCUT2D eigenvalue weighted by atomic mass is 10.0. The number of phenols is 1. The van der Waals surface area contributed by atoms with E-state index in [1.807, 2.05) is 0 Å². The van der Waals surface area contributed by atoms with Gasteiger partial charge in [-0.05, 0) is 17.7 Å². The molecule has 0 bridgehead atoms. The number of methoxy groups -OCH3 is 1. The largest absolute Gasteiger partial charge is 0.505 e. The Kier molecular flexibility index (Phi) is 3.68. The molecule has 1 aromatic carbocycles. The predicted molar refractivity (Wildman–Crippen MR) is 53.8 cm³/mol. The van der Waals surface area contributed by atoms with Gasteiger partial charge in [-0.15, -0.1) is 0 Å². The molecule has 0 aromatic heterocycles. The number of nitrogens with two attached hydrogens (primary N) is 1. The molecule has 16 heavy (non-hydrogen) atoms. The van der Waals surface area contributed by atoms with E-state index in [1.165, 1.54) is 13.2 Å². The summed E-state index contributed by atoms with van der Waals surface area (Å²) in [6, 6.07) is 1.53. The number of benzene rings is 1. The third kappa shape index (κ3) is 2.60. The number of carbonyl (C=O) groups is 1. The highest BCUT2D eigenvalue weighted by molar-refractivity contribution is 5.68. The number of halogens is 1.